The first-order valence-electron chi connectivity index (χ1n) is 2.39. The molecule has 0 saturated carbocycles. The van der Waals surface area contributed by atoms with Crippen molar-refractivity contribution in [3.8, 4) is 6.07 Å². The molecule has 0 amide bonds. The largest absolute Gasteiger partial charge is 0.285 e. The van der Waals surface area contributed by atoms with Crippen molar-refractivity contribution in [3.63, 3.8) is 0 Å². The molecule has 0 aliphatic carbocycles. The maximum absolute atomic E-state index is 8.54. The first-order valence-corrected chi connectivity index (χ1v) is 4.93. The summed E-state index contributed by atoms with van der Waals surface area (Å²) in [5.74, 6) is 0.113. The zero-order valence-corrected chi connectivity index (χ0v) is 6.32. The van der Waals surface area contributed by atoms with Crippen molar-refractivity contribution >= 4 is 20.5 Å². The number of nitrogens with zero attached hydrogens (tertiary/aromatic N) is 1. The third-order valence-electron chi connectivity index (χ3n) is 0.693. The summed E-state index contributed by atoms with van der Waals surface area (Å²) in [6, 6.07) is 1.87. The van der Waals surface area contributed by atoms with Gasteiger partial charge in [-0.25, -0.2) is 0 Å². The van der Waals surface area contributed by atoms with Crippen LogP contribution in [0.15, 0.2) is 0 Å². The summed E-state index contributed by atoms with van der Waals surface area (Å²) in [5.41, 5.74) is 0. The second-order valence-electron chi connectivity index (χ2n) is 1.55. The summed E-state index contributed by atoms with van der Waals surface area (Å²) in [6.07, 6.45) is 0.769. The first kappa shape index (κ1) is 9.05. The number of hydrogen-bond donors (Lipinski definition) is 2. The Kier molecular flexibility index (Phi) is 3.98. The lowest BCUT2D eigenvalue weighted by atomic mass is 10.4. The summed E-state index contributed by atoms with van der Waals surface area (Å²) in [7, 11) is 2.18. The van der Waals surface area contributed by atoms with Gasteiger partial charge in [0.15, 0.2) is 0 Å². The van der Waals surface area contributed by atoms with Crippen molar-refractivity contribution < 1.29 is 9.11 Å². The fourth-order valence-corrected chi connectivity index (χ4v) is 1.17. The molecule has 9 heavy (non-hydrogen) atoms. The van der Waals surface area contributed by atoms with Crippen molar-refractivity contribution in [2.75, 3.05) is 5.75 Å². The highest BCUT2D eigenvalue weighted by Gasteiger charge is 2.04. The zero-order chi connectivity index (χ0) is 7.33. The molecular weight excluding hydrogens is 162 g/mol. The lowest BCUT2D eigenvalue weighted by molar-refractivity contribution is 0.505. The number of halogens is 1. The summed E-state index contributed by atoms with van der Waals surface area (Å²) >= 11 is 0. The highest BCUT2D eigenvalue weighted by Crippen LogP contribution is 2.44. The predicted molar refractivity (Wildman–Crippen MR) is 38.4 cm³/mol. The van der Waals surface area contributed by atoms with Crippen molar-refractivity contribution in [3.05, 3.63) is 0 Å². The van der Waals surface area contributed by atoms with Gasteiger partial charge in [0, 0.05) is 17.1 Å². The third-order valence-corrected chi connectivity index (χ3v) is 1.96. The third kappa shape index (κ3) is 8.05. The van der Waals surface area contributed by atoms with E-state index in [4.69, 9.17) is 25.0 Å². The Hall–Kier alpha value is 0.0500. The van der Waals surface area contributed by atoms with E-state index in [1.807, 2.05) is 6.07 Å². The summed E-state index contributed by atoms with van der Waals surface area (Å²) in [5, 5.41) is 8.02. The molecule has 0 fully saturated rings. The Bertz CT molecular complexity index is 117. The second kappa shape index (κ2) is 3.96. The van der Waals surface area contributed by atoms with Crippen molar-refractivity contribution in [1.82, 2.24) is 0 Å². The predicted octanol–water partition coefficient (Wildman–Crippen LogP) is 2.19. The summed E-state index contributed by atoms with van der Waals surface area (Å²) in [6.45, 7) is 0. The molecular formula is C4H8ClNO2S. The van der Waals surface area contributed by atoms with E-state index in [0.717, 1.165) is 0 Å². The van der Waals surface area contributed by atoms with E-state index >= 15 is 0 Å². The molecule has 0 aromatic rings. The second-order valence-corrected chi connectivity index (χ2v) is 4.62. The van der Waals surface area contributed by atoms with E-state index in [9.17, 15) is 0 Å². The molecule has 0 spiro atoms. The molecule has 0 heterocycles. The van der Waals surface area contributed by atoms with Gasteiger partial charge in [-0.2, -0.15) is 5.26 Å². The molecule has 0 bridgehead atoms. The minimum atomic E-state index is -2.88. The average Bonchev–Trinajstić information content (AvgIpc) is 1.63. The monoisotopic (exact) mass is 169 g/mol. The van der Waals surface area contributed by atoms with Crippen LogP contribution in [0.3, 0.4) is 0 Å². The molecule has 0 rings (SSSR count). The van der Waals surface area contributed by atoms with Crippen LogP contribution in [0.2, 0.25) is 0 Å². The van der Waals surface area contributed by atoms with Crippen LogP contribution in [-0.4, -0.2) is 14.9 Å². The molecule has 0 radical (unpaired) electrons. The molecule has 54 valence electrons. The average molecular weight is 170 g/mol. The van der Waals surface area contributed by atoms with Gasteiger partial charge in [0.05, 0.1) is 11.8 Å². The van der Waals surface area contributed by atoms with Gasteiger partial charge in [-0.1, -0.05) is 0 Å². The number of nitriles is 1. The van der Waals surface area contributed by atoms with Crippen LogP contribution in [0.25, 0.3) is 0 Å². The molecule has 5 heteroatoms. The minimum Gasteiger partial charge on any atom is -0.285 e. The van der Waals surface area contributed by atoms with Gasteiger partial charge in [0.2, 0.25) is 0 Å². The zero-order valence-electron chi connectivity index (χ0n) is 4.75. The summed E-state index contributed by atoms with van der Waals surface area (Å²) < 4.78 is 17.1. The van der Waals surface area contributed by atoms with Crippen LogP contribution in [0.5, 0.6) is 0 Å². The normalized spacial score (nSPS) is 12.7. The van der Waals surface area contributed by atoms with Crippen molar-refractivity contribution in [2.45, 2.75) is 12.8 Å². The van der Waals surface area contributed by atoms with Gasteiger partial charge in [-0.15, -0.1) is 9.80 Å². The number of rotatable bonds is 3. The van der Waals surface area contributed by atoms with Crippen LogP contribution < -0.4 is 0 Å². The fraction of sp³-hybridized carbons (Fsp3) is 0.750. The van der Waals surface area contributed by atoms with E-state index in [1.165, 1.54) is 0 Å². The molecule has 0 aliphatic rings. The maximum Gasteiger partial charge on any atom is 0.0622 e. The maximum atomic E-state index is 8.54. The molecule has 0 saturated heterocycles. The molecule has 0 aromatic heterocycles. The molecule has 2 N–H and O–H groups in total. The van der Waals surface area contributed by atoms with Crippen molar-refractivity contribution in [1.29, 1.82) is 5.26 Å². The number of hydrogen-bond acceptors (Lipinski definition) is 3. The molecule has 3 nitrogen and oxygen atoms in total. The molecule has 0 unspecified atom stereocenters. The van der Waals surface area contributed by atoms with Gasteiger partial charge < -0.3 is 0 Å². The molecule has 0 aliphatic heterocycles. The van der Waals surface area contributed by atoms with Gasteiger partial charge in [-0.3, -0.25) is 9.11 Å². The Morgan fingerprint density at radius 3 is 2.44 bits per heavy atom. The van der Waals surface area contributed by atoms with Crippen LogP contribution in [0.1, 0.15) is 12.8 Å². The summed E-state index contributed by atoms with van der Waals surface area (Å²) in [4.78, 5) is 0. The highest BCUT2D eigenvalue weighted by molar-refractivity contribution is 8.43. The SMILES string of the molecule is N#CCCCS(O)(O)Cl. The van der Waals surface area contributed by atoms with Gasteiger partial charge >= 0.3 is 0 Å². The van der Waals surface area contributed by atoms with E-state index in [1.54, 1.807) is 0 Å². The lowest BCUT2D eigenvalue weighted by Crippen LogP contribution is -1.93. The van der Waals surface area contributed by atoms with Crippen molar-refractivity contribution in [2.24, 2.45) is 0 Å². The van der Waals surface area contributed by atoms with E-state index < -0.39 is 9.80 Å². The van der Waals surface area contributed by atoms with E-state index in [2.05, 4.69) is 0 Å². The van der Waals surface area contributed by atoms with Crippen LogP contribution in [0.4, 0.5) is 0 Å². The fourth-order valence-electron chi connectivity index (χ4n) is 0.335. The van der Waals surface area contributed by atoms with Gasteiger partial charge in [0.1, 0.15) is 0 Å². The highest BCUT2D eigenvalue weighted by atomic mass is 35.7. The Balaban J connectivity index is 3.20. The Morgan fingerprint density at radius 1 is 1.56 bits per heavy atom. The van der Waals surface area contributed by atoms with Gasteiger partial charge in [0.25, 0.3) is 0 Å². The topological polar surface area (TPSA) is 64.2 Å². The van der Waals surface area contributed by atoms with E-state index in [-0.39, 0.29) is 5.75 Å². The quantitative estimate of drug-likeness (QED) is 0.637. The number of unbranched alkanes of at least 4 members (excludes halogenated alkanes) is 1. The Labute approximate surface area is 60.1 Å². The molecule has 0 aromatic carbocycles. The van der Waals surface area contributed by atoms with Crippen LogP contribution in [0, 0.1) is 11.3 Å². The smallest absolute Gasteiger partial charge is 0.0622 e. The minimum absolute atomic E-state index is 0.113. The van der Waals surface area contributed by atoms with Gasteiger partial charge in [-0.05, 0) is 6.42 Å². The van der Waals surface area contributed by atoms with E-state index in [0.29, 0.717) is 12.8 Å². The lowest BCUT2D eigenvalue weighted by Gasteiger charge is -2.21. The van der Waals surface area contributed by atoms with Crippen LogP contribution >= 0.6 is 20.5 Å². The standard InChI is InChI=1S/C4H8ClNO2S/c5-9(7,8)4-2-1-3-6/h7-8H,1-2,4H2. The first-order chi connectivity index (χ1) is 4.06. The van der Waals surface area contributed by atoms with Crippen LogP contribution in [-0.2, 0) is 0 Å². The molecule has 0 atom stereocenters. The Morgan fingerprint density at radius 2 is 2.11 bits per heavy atom.